The minimum Gasteiger partial charge on any atom is -0.481 e. The molecule has 0 aliphatic carbocycles. The molecule has 1 atom stereocenters. The lowest BCUT2D eigenvalue weighted by Crippen LogP contribution is -2.61. The number of hydrogen-bond donors (Lipinski definition) is 11. The maximum absolute atomic E-state index is 11.8. The van der Waals surface area contributed by atoms with Gasteiger partial charge in [0.05, 0.1) is 13.1 Å². The van der Waals surface area contributed by atoms with Crippen molar-refractivity contribution < 1.29 is 81.7 Å². The van der Waals surface area contributed by atoms with Crippen molar-refractivity contribution in [2.75, 3.05) is 13.1 Å². The molecular formula is C13H33N2O16P4+. The number of carboxylic acids is 2. The van der Waals surface area contributed by atoms with Crippen LogP contribution in [0.3, 0.4) is 0 Å². The van der Waals surface area contributed by atoms with Gasteiger partial charge in [-0.05, 0) is 19.3 Å². The summed E-state index contributed by atoms with van der Waals surface area (Å²) in [7, 11) is -23.0. The molecule has 0 fully saturated rings. The van der Waals surface area contributed by atoms with E-state index < -0.39 is 77.0 Å². The molecule has 0 aromatic carbocycles. The van der Waals surface area contributed by atoms with Gasteiger partial charge in [-0.15, -0.1) is 0 Å². The predicted octanol–water partition coefficient (Wildman–Crippen LogP) is -0.836. The normalized spacial score (nSPS) is 14.4. The van der Waals surface area contributed by atoms with Crippen LogP contribution in [-0.4, -0.2) is 96.0 Å². The van der Waals surface area contributed by atoms with Crippen molar-refractivity contribution in [3.63, 3.8) is 0 Å². The molecule has 0 amide bonds. The second-order valence-corrected chi connectivity index (χ2v) is 15.0. The Hall–Kier alpha value is -0.540. The number of rotatable bonds is 14. The second-order valence-electron chi connectivity index (χ2n) is 7.48. The van der Waals surface area contributed by atoms with Gasteiger partial charge in [-0.1, -0.05) is 13.8 Å². The molecule has 0 aliphatic heterocycles. The largest absolute Gasteiger partial charge is 0.481 e. The third-order valence-corrected chi connectivity index (χ3v) is 12.2. The molecule has 0 spiro atoms. The number of nitrogens with two attached hydrogens (primary N) is 1. The van der Waals surface area contributed by atoms with E-state index in [9.17, 15) is 67.0 Å². The first kappa shape index (κ1) is 36.6. The molecule has 0 aromatic heterocycles. The van der Waals surface area contributed by atoms with Gasteiger partial charge in [-0.25, -0.2) is 0 Å². The van der Waals surface area contributed by atoms with Gasteiger partial charge in [0, 0.05) is 6.42 Å². The number of carbonyl (C=O) groups is 2. The summed E-state index contributed by atoms with van der Waals surface area (Å²) in [4.78, 5) is 95.7. The summed E-state index contributed by atoms with van der Waals surface area (Å²) in [6.07, 6.45) is -0.460. The van der Waals surface area contributed by atoms with Gasteiger partial charge in [0.2, 0.25) is 0 Å². The van der Waals surface area contributed by atoms with Crippen molar-refractivity contribution in [2.45, 2.75) is 56.6 Å². The summed E-state index contributed by atoms with van der Waals surface area (Å²) in [5.74, 6) is -2.20. The van der Waals surface area contributed by atoms with E-state index in [0.717, 1.165) is 0 Å². The number of quaternary nitrogens is 1. The summed E-state index contributed by atoms with van der Waals surface area (Å²) in [6.45, 7) is 1.37. The Labute approximate surface area is 200 Å². The molecule has 0 radical (unpaired) electrons. The van der Waals surface area contributed by atoms with Crippen LogP contribution < -0.4 is 5.73 Å². The molecule has 0 aliphatic rings. The summed E-state index contributed by atoms with van der Waals surface area (Å²) < 4.78 is 45.5. The van der Waals surface area contributed by atoms with Crippen LogP contribution in [0.4, 0.5) is 0 Å². The van der Waals surface area contributed by atoms with E-state index in [1.54, 1.807) is 0 Å². The first-order chi connectivity index (χ1) is 15.4. The third-order valence-electron chi connectivity index (χ3n) is 4.39. The Kier molecular flexibility index (Phi) is 14.5. The average molecular weight is 597 g/mol. The van der Waals surface area contributed by atoms with E-state index in [2.05, 4.69) is 0 Å². The number of aliphatic carboxylic acids is 2. The van der Waals surface area contributed by atoms with Crippen molar-refractivity contribution in [3.05, 3.63) is 0 Å². The van der Waals surface area contributed by atoms with Crippen LogP contribution in [0, 0.1) is 0 Å². The standard InChI is InChI=1S/C8H23NO12P4.C5H9NO4/c1-3-5-9(6-4-2,7(22(10,11)12)23(13,14)15)8(24(16,17)18)25(19,20)21;6-3(5(9)10)1-2-4(7)8/h7-8H,3-6H2,1-2H3,(H7-,10,11,12,13,14,15,16,17,18,19,20,21);3H,1-2,6H2,(H,7,8)(H,9,10)/p+1/t;3-/m.0/s1. The first-order valence-corrected chi connectivity index (χ1v) is 16.4. The predicted molar refractivity (Wildman–Crippen MR) is 119 cm³/mol. The fraction of sp³-hybridized carbons (Fsp3) is 0.846. The molecule has 35 heavy (non-hydrogen) atoms. The molecule has 0 aromatic rings. The monoisotopic (exact) mass is 597 g/mol. The maximum atomic E-state index is 11.8. The maximum Gasteiger partial charge on any atom is 0.395 e. The SMILES string of the molecule is CCC[N+](CCC)(C(P(=O)(O)O)P(=O)(O)O)C(P(=O)(O)O)P(=O)(O)O.N[C@@H](CCC(=O)O)C(=O)O. The van der Waals surface area contributed by atoms with Crippen LogP contribution in [0.15, 0.2) is 0 Å². The highest BCUT2D eigenvalue weighted by Crippen LogP contribution is 2.72. The zero-order valence-corrected chi connectivity index (χ0v) is 22.3. The Morgan fingerprint density at radius 3 is 1.17 bits per heavy atom. The quantitative estimate of drug-likeness (QED) is 0.0858. The highest BCUT2D eigenvalue weighted by molar-refractivity contribution is 7.72. The van der Waals surface area contributed by atoms with E-state index in [-0.39, 0.29) is 25.7 Å². The van der Waals surface area contributed by atoms with Crippen LogP contribution in [-0.2, 0) is 27.8 Å². The van der Waals surface area contributed by atoms with Gasteiger partial charge in [0.1, 0.15) is 6.04 Å². The highest BCUT2D eigenvalue weighted by Gasteiger charge is 2.68. The summed E-state index contributed by atoms with van der Waals surface area (Å²) in [5, 5.41) is 16.3. The Morgan fingerprint density at radius 2 is 1.00 bits per heavy atom. The van der Waals surface area contributed by atoms with Crippen LogP contribution in [0.25, 0.3) is 0 Å². The molecule has 12 N–H and O–H groups in total. The van der Waals surface area contributed by atoms with Crippen LogP contribution >= 0.6 is 30.4 Å². The van der Waals surface area contributed by atoms with Gasteiger partial charge in [0.15, 0.2) is 0 Å². The van der Waals surface area contributed by atoms with E-state index in [4.69, 9.17) is 15.9 Å². The lowest BCUT2D eigenvalue weighted by molar-refractivity contribution is -0.930. The number of hydrogen-bond acceptors (Lipinski definition) is 7. The van der Waals surface area contributed by atoms with Crippen molar-refractivity contribution in [1.82, 2.24) is 0 Å². The molecule has 0 rings (SSSR count). The molecule has 0 saturated carbocycles. The lowest BCUT2D eigenvalue weighted by Gasteiger charge is -2.48. The molecule has 22 heteroatoms. The summed E-state index contributed by atoms with van der Waals surface area (Å²) >= 11 is 0. The summed E-state index contributed by atoms with van der Waals surface area (Å²) in [6, 6.07) is -1.06. The van der Waals surface area contributed by atoms with Crippen LogP contribution in [0.1, 0.15) is 39.5 Å². The van der Waals surface area contributed by atoms with Crippen LogP contribution in [0.5, 0.6) is 0 Å². The fourth-order valence-corrected chi connectivity index (χ4v) is 10.9. The first-order valence-electron chi connectivity index (χ1n) is 9.67. The number of carboxylic acid groups (broad SMARTS) is 2. The van der Waals surface area contributed by atoms with E-state index in [1.807, 2.05) is 0 Å². The average Bonchev–Trinajstić information content (AvgIpc) is 2.55. The van der Waals surface area contributed by atoms with E-state index >= 15 is 0 Å². The van der Waals surface area contributed by atoms with Gasteiger partial charge < -0.3 is 55.1 Å². The summed E-state index contributed by atoms with van der Waals surface area (Å²) in [5.41, 5.74) is -1.04. The van der Waals surface area contributed by atoms with Gasteiger partial charge in [-0.3, -0.25) is 32.3 Å². The molecule has 18 nitrogen and oxygen atoms in total. The van der Waals surface area contributed by atoms with Crippen molar-refractivity contribution in [3.8, 4) is 0 Å². The Bertz CT molecular complexity index is 803. The smallest absolute Gasteiger partial charge is 0.395 e. The Balaban J connectivity index is 0. The molecule has 210 valence electrons. The van der Waals surface area contributed by atoms with Crippen molar-refractivity contribution in [1.29, 1.82) is 0 Å². The van der Waals surface area contributed by atoms with Gasteiger partial charge in [0.25, 0.3) is 11.0 Å². The topological polar surface area (TPSA) is 331 Å². The zero-order valence-electron chi connectivity index (χ0n) is 18.7. The minimum absolute atomic E-state index is 0.0231. The van der Waals surface area contributed by atoms with Crippen molar-refractivity contribution >= 4 is 42.3 Å². The van der Waals surface area contributed by atoms with Crippen LogP contribution in [0.2, 0.25) is 0 Å². The molecule has 0 heterocycles. The molecule has 0 unspecified atom stereocenters. The van der Waals surface area contributed by atoms with Gasteiger partial charge >= 0.3 is 42.3 Å². The highest BCUT2D eigenvalue weighted by atomic mass is 31.2. The minimum atomic E-state index is -5.75. The fourth-order valence-electron chi connectivity index (χ4n) is 3.52. The molecule has 0 saturated heterocycles. The zero-order chi connectivity index (χ0) is 28.6. The third kappa shape index (κ3) is 12.0. The van der Waals surface area contributed by atoms with Gasteiger partial charge in [-0.2, -0.15) is 0 Å². The molecule has 0 bridgehead atoms. The lowest BCUT2D eigenvalue weighted by atomic mass is 10.2. The Morgan fingerprint density at radius 1 is 0.714 bits per heavy atom. The number of nitrogens with zero attached hydrogens (tertiary/aromatic N) is 1. The molecular weight excluding hydrogens is 564 g/mol. The van der Waals surface area contributed by atoms with Crippen molar-refractivity contribution in [2.24, 2.45) is 5.73 Å². The second kappa shape index (κ2) is 13.8. The van der Waals surface area contributed by atoms with E-state index in [1.165, 1.54) is 13.8 Å². The van der Waals surface area contributed by atoms with E-state index in [0.29, 0.717) is 0 Å².